The fourth-order valence-corrected chi connectivity index (χ4v) is 2.56. The highest BCUT2D eigenvalue weighted by Crippen LogP contribution is 2.30. The van der Waals surface area contributed by atoms with Crippen LogP contribution in [0.15, 0.2) is 6.07 Å². The van der Waals surface area contributed by atoms with Crippen molar-refractivity contribution in [2.24, 2.45) is 0 Å². The summed E-state index contributed by atoms with van der Waals surface area (Å²) in [6, 6.07) is 1.86. The van der Waals surface area contributed by atoms with E-state index in [0.717, 1.165) is 19.4 Å². The lowest BCUT2D eigenvalue weighted by Gasteiger charge is -2.21. The molecule has 18 heavy (non-hydrogen) atoms. The number of pyridine rings is 1. The molecule has 1 aliphatic heterocycles. The second-order valence-corrected chi connectivity index (χ2v) is 5.20. The minimum absolute atomic E-state index is 0.170. The maximum atomic E-state index is 6.13. The Balaban J connectivity index is 2.12. The van der Waals surface area contributed by atoms with E-state index in [9.17, 15) is 0 Å². The van der Waals surface area contributed by atoms with Crippen molar-refractivity contribution in [2.45, 2.75) is 31.9 Å². The molecular weight excluding hydrogens is 273 g/mol. The molecule has 2 rings (SSSR count). The van der Waals surface area contributed by atoms with Crippen LogP contribution in [-0.2, 0) is 4.74 Å². The Hall–Kier alpha value is -0.710. The van der Waals surface area contributed by atoms with E-state index in [1.807, 2.05) is 0 Å². The van der Waals surface area contributed by atoms with Crippen LogP contribution in [0.25, 0.3) is 0 Å². The third kappa shape index (κ3) is 2.99. The average molecular weight is 290 g/mol. The number of anilines is 2. The van der Waals surface area contributed by atoms with Crippen LogP contribution >= 0.6 is 23.2 Å². The molecule has 1 aliphatic rings. The highest BCUT2D eigenvalue weighted by atomic mass is 35.5. The summed E-state index contributed by atoms with van der Waals surface area (Å²) in [5.41, 5.74) is 0. The molecule has 2 atom stereocenters. The number of aromatic nitrogens is 1. The minimum Gasteiger partial charge on any atom is -0.376 e. The van der Waals surface area contributed by atoms with E-state index in [4.69, 9.17) is 27.9 Å². The van der Waals surface area contributed by atoms with Crippen LogP contribution in [0.2, 0.25) is 10.0 Å². The second kappa shape index (κ2) is 5.95. The normalized spacial score (nSPS) is 20.8. The Bertz CT molecular complexity index is 422. The summed E-state index contributed by atoms with van der Waals surface area (Å²) >= 11 is 12.1. The lowest BCUT2D eigenvalue weighted by molar-refractivity contribution is 0.0996. The van der Waals surface area contributed by atoms with Crippen LogP contribution in [0.3, 0.4) is 0 Å². The van der Waals surface area contributed by atoms with Crippen LogP contribution in [-0.4, -0.2) is 30.8 Å². The molecule has 4 nitrogen and oxygen atoms in total. The van der Waals surface area contributed by atoms with Crippen LogP contribution in [0.4, 0.5) is 11.6 Å². The van der Waals surface area contributed by atoms with Crippen LogP contribution in [0, 0.1) is 0 Å². The van der Waals surface area contributed by atoms with Crippen molar-refractivity contribution in [1.82, 2.24) is 4.98 Å². The van der Waals surface area contributed by atoms with Gasteiger partial charge in [0.05, 0.1) is 22.2 Å². The van der Waals surface area contributed by atoms with E-state index in [2.05, 4.69) is 22.5 Å². The third-order valence-corrected chi connectivity index (χ3v) is 3.63. The first kappa shape index (κ1) is 13.7. The van der Waals surface area contributed by atoms with Gasteiger partial charge < -0.3 is 15.4 Å². The maximum absolute atomic E-state index is 6.13. The van der Waals surface area contributed by atoms with Gasteiger partial charge in [-0.05, 0) is 25.8 Å². The fraction of sp³-hybridized carbons (Fsp3) is 0.583. The molecule has 0 amide bonds. The molecule has 1 aromatic rings. The Morgan fingerprint density at radius 1 is 1.39 bits per heavy atom. The van der Waals surface area contributed by atoms with E-state index in [1.54, 1.807) is 13.1 Å². The summed E-state index contributed by atoms with van der Waals surface area (Å²) in [7, 11) is 1.77. The molecule has 2 N–H and O–H groups in total. The summed E-state index contributed by atoms with van der Waals surface area (Å²) < 4.78 is 5.63. The molecule has 2 heterocycles. The third-order valence-electron chi connectivity index (χ3n) is 3.05. The lowest BCUT2D eigenvalue weighted by atomic mass is 10.1. The van der Waals surface area contributed by atoms with Crippen LogP contribution in [0.5, 0.6) is 0 Å². The molecule has 0 bridgehead atoms. The predicted molar refractivity (Wildman–Crippen MR) is 75.9 cm³/mol. The molecule has 1 saturated heterocycles. The first-order valence-corrected chi connectivity index (χ1v) is 6.79. The van der Waals surface area contributed by atoms with Crippen molar-refractivity contribution in [3.8, 4) is 0 Å². The Morgan fingerprint density at radius 3 is 2.72 bits per heavy atom. The maximum Gasteiger partial charge on any atom is 0.147 e. The van der Waals surface area contributed by atoms with Gasteiger partial charge in [-0.2, -0.15) is 0 Å². The Labute approximate surface area is 117 Å². The SMILES string of the molecule is CNc1nc(NC(C)C2CCCO2)c(Cl)cc1Cl. The van der Waals surface area contributed by atoms with E-state index in [1.165, 1.54) is 0 Å². The van der Waals surface area contributed by atoms with Crippen LogP contribution < -0.4 is 10.6 Å². The molecule has 6 heteroatoms. The fourth-order valence-electron chi connectivity index (χ4n) is 2.05. The number of ether oxygens (including phenoxy) is 1. The molecule has 1 fully saturated rings. The summed E-state index contributed by atoms with van der Waals surface area (Å²) in [4.78, 5) is 4.36. The minimum atomic E-state index is 0.170. The zero-order valence-corrected chi connectivity index (χ0v) is 12.0. The highest BCUT2D eigenvalue weighted by molar-refractivity contribution is 6.37. The largest absolute Gasteiger partial charge is 0.376 e. The van der Waals surface area contributed by atoms with Crippen molar-refractivity contribution in [2.75, 3.05) is 24.3 Å². The number of hydrogen-bond acceptors (Lipinski definition) is 4. The van der Waals surface area contributed by atoms with E-state index in [0.29, 0.717) is 21.7 Å². The van der Waals surface area contributed by atoms with Gasteiger partial charge >= 0.3 is 0 Å². The molecule has 0 aliphatic carbocycles. The summed E-state index contributed by atoms with van der Waals surface area (Å²) in [6.45, 7) is 2.90. The van der Waals surface area contributed by atoms with Gasteiger partial charge in [0.25, 0.3) is 0 Å². The van der Waals surface area contributed by atoms with Gasteiger partial charge in [-0.25, -0.2) is 4.98 Å². The zero-order chi connectivity index (χ0) is 13.1. The first-order valence-electron chi connectivity index (χ1n) is 6.03. The Morgan fingerprint density at radius 2 is 2.11 bits per heavy atom. The van der Waals surface area contributed by atoms with Crippen molar-refractivity contribution in [3.05, 3.63) is 16.1 Å². The van der Waals surface area contributed by atoms with Crippen LogP contribution in [0.1, 0.15) is 19.8 Å². The number of halogens is 2. The monoisotopic (exact) mass is 289 g/mol. The zero-order valence-electron chi connectivity index (χ0n) is 10.5. The number of nitrogens with one attached hydrogen (secondary N) is 2. The predicted octanol–water partition coefficient (Wildman–Crippen LogP) is 3.41. The molecule has 1 aromatic heterocycles. The molecule has 0 aromatic carbocycles. The standard InChI is InChI=1S/C12H17Cl2N3O/c1-7(10-4-3-5-18-10)16-12-9(14)6-8(13)11(15-2)17-12/h6-7,10H,3-5H2,1-2H3,(H2,15,16,17). The number of hydrogen-bond donors (Lipinski definition) is 2. The van der Waals surface area contributed by atoms with Gasteiger partial charge in [-0.1, -0.05) is 23.2 Å². The van der Waals surface area contributed by atoms with Gasteiger partial charge in [0, 0.05) is 13.7 Å². The topological polar surface area (TPSA) is 46.2 Å². The highest BCUT2D eigenvalue weighted by Gasteiger charge is 2.23. The molecule has 0 saturated carbocycles. The van der Waals surface area contributed by atoms with Gasteiger partial charge in [-0.15, -0.1) is 0 Å². The van der Waals surface area contributed by atoms with Gasteiger partial charge in [0.2, 0.25) is 0 Å². The number of rotatable bonds is 4. The lowest BCUT2D eigenvalue weighted by Crippen LogP contribution is -2.30. The quantitative estimate of drug-likeness (QED) is 0.892. The Kier molecular flexibility index (Phi) is 4.54. The van der Waals surface area contributed by atoms with Crippen molar-refractivity contribution in [1.29, 1.82) is 0 Å². The van der Waals surface area contributed by atoms with Crippen molar-refractivity contribution >= 4 is 34.8 Å². The molecule has 100 valence electrons. The van der Waals surface area contributed by atoms with Crippen molar-refractivity contribution in [3.63, 3.8) is 0 Å². The second-order valence-electron chi connectivity index (χ2n) is 4.38. The van der Waals surface area contributed by atoms with Crippen molar-refractivity contribution < 1.29 is 4.74 Å². The molecular formula is C12H17Cl2N3O. The average Bonchev–Trinajstić information content (AvgIpc) is 2.86. The molecule has 0 radical (unpaired) electrons. The molecule has 2 unspecified atom stereocenters. The summed E-state index contributed by atoms with van der Waals surface area (Å²) in [5.74, 6) is 1.25. The number of nitrogens with zero attached hydrogens (tertiary/aromatic N) is 1. The summed E-state index contributed by atoms with van der Waals surface area (Å²) in [5, 5.41) is 7.25. The van der Waals surface area contributed by atoms with E-state index >= 15 is 0 Å². The smallest absolute Gasteiger partial charge is 0.147 e. The van der Waals surface area contributed by atoms with Gasteiger partial charge in [0.1, 0.15) is 11.6 Å². The summed E-state index contributed by atoms with van der Waals surface area (Å²) in [6.07, 6.45) is 2.40. The van der Waals surface area contributed by atoms with E-state index < -0.39 is 0 Å². The van der Waals surface area contributed by atoms with Gasteiger partial charge in [0.15, 0.2) is 0 Å². The first-order chi connectivity index (χ1) is 8.61. The van der Waals surface area contributed by atoms with E-state index in [-0.39, 0.29) is 12.1 Å². The van der Waals surface area contributed by atoms with Gasteiger partial charge in [-0.3, -0.25) is 0 Å². The molecule has 0 spiro atoms.